The van der Waals surface area contributed by atoms with Gasteiger partial charge in [-0.2, -0.15) is 13.2 Å². The number of hydrogen-bond donors (Lipinski definition) is 1. The third-order valence-electron chi connectivity index (χ3n) is 6.15. The number of benzene rings is 3. The summed E-state index contributed by atoms with van der Waals surface area (Å²) in [5, 5.41) is 0. The first-order valence-corrected chi connectivity index (χ1v) is 12.8. The van der Waals surface area contributed by atoms with Gasteiger partial charge < -0.3 is 9.80 Å². The number of carbonyl (C=O) groups is 1. The van der Waals surface area contributed by atoms with Gasteiger partial charge in [-0.3, -0.25) is 9.52 Å². The monoisotopic (exact) mass is 517 g/mol. The molecule has 6 nitrogen and oxygen atoms in total. The van der Waals surface area contributed by atoms with Crippen molar-refractivity contribution in [2.45, 2.75) is 24.9 Å². The molecule has 1 aliphatic heterocycles. The molecule has 0 unspecified atom stereocenters. The first kappa shape index (κ1) is 25.6. The summed E-state index contributed by atoms with van der Waals surface area (Å²) in [6.07, 6.45) is -4.41. The van der Waals surface area contributed by atoms with Crippen LogP contribution in [0.1, 0.15) is 27.0 Å². The van der Waals surface area contributed by atoms with E-state index >= 15 is 0 Å². The molecule has 1 N–H and O–H groups in total. The van der Waals surface area contributed by atoms with E-state index in [4.69, 9.17) is 0 Å². The summed E-state index contributed by atoms with van der Waals surface area (Å²) in [6, 6.07) is 16.4. The average Bonchev–Trinajstić information content (AvgIpc) is 2.85. The number of rotatable bonds is 5. The number of alkyl halides is 3. The number of nitrogens with one attached hydrogen (secondary N) is 1. The Labute approximate surface area is 208 Å². The lowest BCUT2D eigenvalue weighted by Crippen LogP contribution is -2.48. The molecule has 10 heteroatoms. The Morgan fingerprint density at radius 1 is 0.889 bits per heavy atom. The Morgan fingerprint density at radius 3 is 2.17 bits per heavy atom. The molecule has 3 aromatic carbocycles. The fourth-order valence-corrected chi connectivity index (χ4v) is 5.19. The van der Waals surface area contributed by atoms with Crippen LogP contribution in [0.2, 0.25) is 0 Å². The molecule has 3 aromatic rings. The quantitative estimate of drug-likeness (QED) is 0.512. The van der Waals surface area contributed by atoms with Gasteiger partial charge in [0.05, 0.1) is 16.1 Å². The van der Waals surface area contributed by atoms with Gasteiger partial charge in [-0.05, 0) is 67.9 Å². The van der Waals surface area contributed by atoms with E-state index in [1.165, 1.54) is 18.2 Å². The van der Waals surface area contributed by atoms with Crippen molar-refractivity contribution in [1.29, 1.82) is 0 Å². The second kappa shape index (κ2) is 9.85. The lowest BCUT2D eigenvalue weighted by Gasteiger charge is -2.36. The smallest absolute Gasteiger partial charge is 0.368 e. The van der Waals surface area contributed by atoms with Gasteiger partial charge in [0.1, 0.15) is 0 Å². The Kier molecular flexibility index (Phi) is 6.99. The van der Waals surface area contributed by atoms with Gasteiger partial charge in [-0.25, -0.2) is 8.42 Å². The lowest BCUT2D eigenvalue weighted by atomic mass is 10.1. The molecule has 0 radical (unpaired) electrons. The summed E-state index contributed by atoms with van der Waals surface area (Å²) in [4.78, 5) is 16.7. The fourth-order valence-electron chi connectivity index (χ4n) is 4.06. The number of sulfonamides is 1. The molecule has 1 amide bonds. The van der Waals surface area contributed by atoms with Gasteiger partial charge in [0.2, 0.25) is 0 Å². The van der Waals surface area contributed by atoms with E-state index in [9.17, 15) is 26.4 Å². The number of hydrogen-bond acceptors (Lipinski definition) is 4. The predicted octanol–water partition coefficient (Wildman–Crippen LogP) is 5.09. The Morgan fingerprint density at radius 2 is 1.56 bits per heavy atom. The molecule has 1 saturated heterocycles. The molecule has 0 spiro atoms. The lowest BCUT2D eigenvalue weighted by molar-refractivity contribution is -0.137. The zero-order valence-corrected chi connectivity index (χ0v) is 20.7. The van der Waals surface area contributed by atoms with Crippen LogP contribution in [0.15, 0.2) is 71.6 Å². The van der Waals surface area contributed by atoms with Crippen molar-refractivity contribution in [3.05, 3.63) is 89.0 Å². The number of halogens is 3. The molecular weight excluding hydrogens is 491 g/mol. The van der Waals surface area contributed by atoms with Crippen LogP contribution < -0.4 is 9.62 Å². The summed E-state index contributed by atoms with van der Waals surface area (Å²) in [6.45, 7) is 5.11. The van der Waals surface area contributed by atoms with E-state index in [2.05, 4.69) is 4.72 Å². The van der Waals surface area contributed by atoms with E-state index in [1.54, 1.807) is 48.2 Å². The maximum atomic E-state index is 13.1. The number of piperazine rings is 1. The van der Waals surface area contributed by atoms with Crippen LogP contribution in [0.25, 0.3) is 0 Å². The third-order valence-corrected chi connectivity index (χ3v) is 7.54. The maximum Gasteiger partial charge on any atom is 0.416 e. The van der Waals surface area contributed by atoms with Crippen LogP contribution in [0.4, 0.5) is 24.5 Å². The van der Waals surface area contributed by atoms with Crippen LogP contribution in [0.3, 0.4) is 0 Å². The molecule has 1 aliphatic rings. The fraction of sp³-hybridized carbons (Fsp3) is 0.269. The highest BCUT2D eigenvalue weighted by Crippen LogP contribution is 2.32. The second-order valence-electron chi connectivity index (χ2n) is 8.78. The van der Waals surface area contributed by atoms with Crippen molar-refractivity contribution in [3.63, 3.8) is 0 Å². The Balaban J connectivity index is 1.41. The molecule has 1 heterocycles. The van der Waals surface area contributed by atoms with E-state index in [0.29, 0.717) is 48.7 Å². The predicted molar refractivity (Wildman–Crippen MR) is 133 cm³/mol. The highest BCUT2D eigenvalue weighted by molar-refractivity contribution is 7.92. The van der Waals surface area contributed by atoms with Crippen LogP contribution in [0, 0.1) is 13.8 Å². The molecule has 36 heavy (non-hydrogen) atoms. The average molecular weight is 518 g/mol. The van der Waals surface area contributed by atoms with Crippen molar-refractivity contribution in [3.8, 4) is 0 Å². The standard InChI is InChI=1S/C26H26F3N3O3S/c1-18-6-9-23(10-7-18)36(34,35)30-24-11-8-20(16-19(24)2)25(33)32-14-12-31(13-15-32)22-5-3-4-21(17-22)26(27,28)29/h3-11,16-17,30H,12-15H2,1-2H3. The van der Waals surface area contributed by atoms with Crippen LogP contribution in [-0.2, 0) is 16.2 Å². The van der Waals surface area contributed by atoms with E-state index < -0.39 is 21.8 Å². The zero-order chi connectivity index (χ0) is 26.1. The van der Waals surface area contributed by atoms with Crippen molar-refractivity contribution in [2.75, 3.05) is 35.8 Å². The van der Waals surface area contributed by atoms with Crippen molar-refractivity contribution < 1.29 is 26.4 Å². The van der Waals surface area contributed by atoms with Crippen molar-refractivity contribution in [2.24, 2.45) is 0 Å². The summed E-state index contributed by atoms with van der Waals surface area (Å²) in [5.74, 6) is -0.213. The van der Waals surface area contributed by atoms with Gasteiger partial charge in [0.25, 0.3) is 15.9 Å². The summed E-state index contributed by atoms with van der Waals surface area (Å²) < 4.78 is 67.1. The number of anilines is 2. The zero-order valence-electron chi connectivity index (χ0n) is 19.8. The van der Waals surface area contributed by atoms with Gasteiger partial charge >= 0.3 is 6.18 Å². The molecule has 190 valence electrons. The molecule has 4 rings (SSSR count). The van der Waals surface area contributed by atoms with E-state index in [-0.39, 0.29) is 10.8 Å². The summed E-state index contributed by atoms with van der Waals surface area (Å²) in [5.41, 5.74) is 2.10. The van der Waals surface area contributed by atoms with Crippen LogP contribution in [0.5, 0.6) is 0 Å². The molecule has 0 aliphatic carbocycles. The molecular formula is C26H26F3N3O3S. The maximum absolute atomic E-state index is 13.1. The van der Waals surface area contributed by atoms with E-state index in [1.807, 2.05) is 11.8 Å². The highest BCUT2D eigenvalue weighted by Gasteiger charge is 2.31. The molecule has 1 fully saturated rings. The minimum absolute atomic E-state index is 0.145. The number of nitrogens with zero attached hydrogens (tertiary/aromatic N) is 2. The molecule has 0 bridgehead atoms. The number of carbonyl (C=O) groups excluding carboxylic acids is 1. The number of aryl methyl sites for hydroxylation is 2. The number of amides is 1. The normalized spacial score (nSPS) is 14.6. The second-order valence-corrected chi connectivity index (χ2v) is 10.5. The van der Waals surface area contributed by atoms with E-state index in [0.717, 1.165) is 17.7 Å². The summed E-state index contributed by atoms with van der Waals surface area (Å²) >= 11 is 0. The van der Waals surface area contributed by atoms with Crippen LogP contribution in [-0.4, -0.2) is 45.4 Å². The minimum atomic E-state index is -4.41. The van der Waals surface area contributed by atoms with Crippen molar-refractivity contribution in [1.82, 2.24) is 4.90 Å². The van der Waals surface area contributed by atoms with Crippen molar-refractivity contribution >= 4 is 27.3 Å². The first-order chi connectivity index (χ1) is 16.9. The highest BCUT2D eigenvalue weighted by atomic mass is 32.2. The largest absolute Gasteiger partial charge is 0.416 e. The Hall–Kier alpha value is -3.53. The van der Waals surface area contributed by atoms with Crippen LogP contribution >= 0.6 is 0 Å². The topological polar surface area (TPSA) is 69.7 Å². The molecule has 0 saturated carbocycles. The SMILES string of the molecule is Cc1ccc(S(=O)(=O)Nc2ccc(C(=O)N3CCN(c4cccc(C(F)(F)F)c4)CC3)cc2C)cc1. The van der Waals surface area contributed by atoms with Gasteiger partial charge in [-0.15, -0.1) is 0 Å². The minimum Gasteiger partial charge on any atom is -0.368 e. The molecule has 0 aromatic heterocycles. The molecule has 0 atom stereocenters. The summed E-state index contributed by atoms with van der Waals surface area (Å²) in [7, 11) is -3.77. The van der Waals surface area contributed by atoms with Gasteiger partial charge in [-0.1, -0.05) is 23.8 Å². The van der Waals surface area contributed by atoms with Gasteiger partial charge in [0.15, 0.2) is 0 Å². The first-order valence-electron chi connectivity index (χ1n) is 11.4. The van der Waals surface area contributed by atoms with Gasteiger partial charge in [0, 0.05) is 37.4 Å². The Bertz CT molecular complexity index is 1370. The third kappa shape index (κ3) is 5.64.